The molecular weight excluding hydrogens is 160 g/mol. The first-order chi connectivity index (χ1) is 6.47. The molecule has 0 spiro atoms. The fraction of sp³-hybridized carbons (Fsp3) is 1.00. The molecule has 1 nitrogen and oxygen atoms in total. The highest BCUT2D eigenvalue weighted by Gasteiger charge is 2.36. The maximum absolute atomic E-state index is 5.63. The Bertz CT molecular complexity index is 128. The van der Waals surface area contributed by atoms with E-state index in [-0.39, 0.29) is 0 Å². The van der Waals surface area contributed by atoms with Crippen molar-refractivity contribution in [3.63, 3.8) is 0 Å². The molecule has 0 bridgehead atoms. The van der Waals surface area contributed by atoms with Crippen LogP contribution in [-0.4, -0.2) is 12.2 Å². The van der Waals surface area contributed by atoms with Crippen LogP contribution < -0.4 is 0 Å². The first kappa shape index (κ1) is 9.51. The van der Waals surface area contributed by atoms with E-state index in [4.69, 9.17) is 4.74 Å². The van der Waals surface area contributed by atoms with Crippen LogP contribution in [0.25, 0.3) is 0 Å². The maximum atomic E-state index is 5.63. The van der Waals surface area contributed by atoms with E-state index >= 15 is 0 Å². The van der Waals surface area contributed by atoms with Crippen LogP contribution in [0.2, 0.25) is 0 Å². The van der Waals surface area contributed by atoms with E-state index in [1.807, 2.05) is 0 Å². The van der Waals surface area contributed by atoms with Gasteiger partial charge in [-0.25, -0.2) is 0 Å². The minimum Gasteiger partial charge on any atom is -0.370 e. The van der Waals surface area contributed by atoms with Gasteiger partial charge in [-0.1, -0.05) is 51.4 Å². The number of ether oxygens (including phenoxy) is 1. The van der Waals surface area contributed by atoms with Gasteiger partial charge in [-0.05, 0) is 12.8 Å². The number of epoxide rings is 1. The normalized spacial score (nSPS) is 36.9. The summed E-state index contributed by atoms with van der Waals surface area (Å²) < 4.78 is 5.63. The summed E-state index contributed by atoms with van der Waals surface area (Å²) in [6.07, 6.45) is 15.5. The van der Waals surface area contributed by atoms with Gasteiger partial charge in [0.05, 0.1) is 12.2 Å². The quantitative estimate of drug-likeness (QED) is 0.521. The van der Waals surface area contributed by atoms with Crippen LogP contribution in [0.5, 0.6) is 0 Å². The Hall–Kier alpha value is -0.0400. The predicted molar refractivity (Wildman–Crippen MR) is 54.8 cm³/mol. The molecule has 76 valence electrons. The second-order valence-electron chi connectivity index (χ2n) is 4.62. The highest BCUT2D eigenvalue weighted by atomic mass is 16.6. The molecule has 1 unspecified atom stereocenters. The largest absolute Gasteiger partial charge is 0.370 e. The van der Waals surface area contributed by atoms with Gasteiger partial charge in [-0.15, -0.1) is 0 Å². The summed E-state index contributed by atoms with van der Waals surface area (Å²) in [7, 11) is 0. The van der Waals surface area contributed by atoms with Crippen LogP contribution in [0.4, 0.5) is 0 Å². The topological polar surface area (TPSA) is 12.5 Å². The fourth-order valence-corrected chi connectivity index (χ4v) is 2.44. The van der Waals surface area contributed by atoms with Gasteiger partial charge in [0, 0.05) is 0 Å². The van der Waals surface area contributed by atoms with Gasteiger partial charge in [-0.2, -0.15) is 0 Å². The molecule has 1 heteroatoms. The highest BCUT2D eigenvalue weighted by Crippen LogP contribution is 2.32. The van der Waals surface area contributed by atoms with Gasteiger partial charge in [0.15, 0.2) is 0 Å². The molecule has 0 aromatic rings. The van der Waals surface area contributed by atoms with Crippen molar-refractivity contribution in [1.82, 2.24) is 0 Å². The SMILES string of the molecule is C1CCCCC[C@@H]2OC2CCCC1. The van der Waals surface area contributed by atoms with E-state index in [2.05, 4.69) is 0 Å². The molecule has 1 aliphatic heterocycles. The summed E-state index contributed by atoms with van der Waals surface area (Å²) in [4.78, 5) is 0. The lowest BCUT2D eigenvalue weighted by Crippen LogP contribution is -1.95. The summed E-state index contributed by atoms with van der Waals surface area (Å²) in [6.45, 7) is 0. The zero-order valence-electron chi connectivity index (χ0n) is 8.63. The molecular formula is C12H22O. The third-order valence-corrected chi connectivity index (χ3v) is 3.41. The van der Waals surface area contributed by atoms with E-state index in [1.54, 1.807) is 0 Å². The van der Waals surface area contributed by atoms with Crippen molar-refractivity contribution < 1.29 is 4.74 Å². The van der Waals surface area contributed by atoms with Crippen molar-refractivity contribution in [2.45, 2.75) is 76.4 Å². The Labute approximate surface area is 81.9 Å². The van der Waals surface area contributed by atoms with Crippen LogP contribution in [0, 0.1) is 0 Å². The van der Waals surface area contributed by atoms with E-state index in [9.17, 15) is 0 Å². The van der Waals surface area contributed by atoms with Gasteiger partial charge in [0.1, 0.15) is 0 Å². The minimum atomic E-state index is 0.666. The third kappa shape index (κ3) is 3.30. The summed E-state index contributed by atoms with van der Waals surface area (Å²) in [5.74, 6) is 0. The van der Waals surface area contributed by atoms with Crippen LogP contribution in [-0.2, 0) is 4.74 Å². The molecule has 0 aromatic carbocycles. The van der Waals surface area contributed by atoms with Crippen LogP contribution in [0.1, 0.15) is 64.2 Å². The van der Waals surface area contributed by atoms with Gasteiger partial charge in [-0.3, -0.25) is 0 Å². The molecule has 1 aliphatic carbocycles. The van der Waals surface area contributed by atoms with Crippen molar-refractivity contribution in [1.29, 1.82) is 0 Å². The Morgan fingerprint density at radius 3 is 1.38 bits per heavy atom. The van der Waals surface area contributed by atoms with Gasteiger partial charge >= 0.3 is 0 Å². The molecule has 2 aliphatic rings. The molecule has 1 heterocycles. The number of hydrogen-bond donors (Lipinski definition) is 0. The van der Waals surface area contributed by atoms with Crippen molar-refractivity contribution >= 4 is 0 Å². The first-order valence-electron chi connectivity index (χ1n) is 6.12. The lowest BCUT2D eigenvalue weighted by molar-refractivity contribution is 0.349. The Morgan fingerprint density at radius 2 is 0.923 bits per heavy atom. The first-order valence-corrected chi connectivity index (χ1v) is 6.12. The van der Waals surface area contributed by atoms with Crippen LogP contribution in [0.15, 0.2) is 0 Å². The number of rotatable bonds is 0. The highest BCUT2D eigenvalue weighted by molar-refractivity contribution is 4.84. The molecule has 2 rings (SSSR count). The summed E-state index contributed by atoms with van der Waals surface area (Å²) >= 11 is 0. The molecule has 13 heavy (non-hydrogen) atoms. The molecule has 2 fully saturated rings. The Morgan fingerprint density at radius 1 is 0.538 bits per heavy atom. The number of fused-ring (bicyclic) bond motifs is 1. The van der Waals surface area contributed by atoms with E-state index in [0.717, 1.165) is 0 Å². The number of hydrogen-bond acceptors (Lipinski definition) is 1. The molecule has 1 saturated heterocycles. The lowest BCUT2D eigenvalue weighted by atomic mass is 10.0. The zero-order valence-corrected chi connectivity index (χ0v) is 8.63. The molecule has 0 amide bonds. The third-order valence-electron chi connectivity index (χ3n) is 3.41. The molecule has 0 aromatic heterocycles. The van der Waals surface area contributed by atoms with Gasteiger partial charge < -0.3 is 4.74 Å². The second-order valence-corrected chi connectivity index (χ2v) is 4.62. The molecule has 0 radical (unpaired) electrons. The van der Waals surface area contributed by atoms with Crippen molar-refractivity contribution in [2.75, 3.05) is 0 Å². The van der Waals surface area contributed by atoms with E-state index < -0.39 is 0 Å². The minimum absolute atomic E-state index is 0.666. The summed E-state index contributed by atoms with van der Waals surface area (Å²) in [5.41, 5.74) is 0. The van der Waals surface area contributed by atoms with Gasteiger partial charge in [0.25, 0.3) is 0 Å². The van der Waals surface area contributed by atoms with Crippen molar-refractivity contribution in [2.24, 2.45) is 0 Å². The van der Waals surface area contributed by atoms with Crippen LogP contribution in [0.3, 0.4) is 0 Å². The fourth-order valence-electron chi connectivity index (χ4n) is 2.44. The molecule has 2 atom stereocenters. The average molecular weight is 182 g/mol. The Kier molecular flexibility index (Phi) is 3.65. The Balaban J connectivity index is 1.66. The smallest absolute Gasteiger partial charge is 0.0841 e. The summed E-state index contributed by atoms with van der Waals surface area (Å²) in [6, 6.07) is 0. The van der Waals surface area contributed by atoms with Crippen molar-refractivity contribution in [3.05, 3.63) is 0 Å². The molecule has 1 saturated carbocycles. The van der Waals surface area contributed by atoms with E-state index in [1.165, 1.54) is 64.2 Å². The average Bonchev–Trinajstić information content (AvgIpc) is 2.83. The standard InChI is InChI=1S/C12H22O/c1-2-4-6-8-10-12-11(13-12)9-7-5-3-1/h11-12H,1-10H2/t11-,12?/m0/s1. The molecule has 0 N–H and O–H groups in total. The van der Waals surface area contributed by atoms with E-state index in [0.29, 0.717) is 12.2 Å². The monoisotopic (exact) mass is 182 g/mol. The maximum Gasteiger partial charge on any atom is 0.0841 e. The zero-order chi connectivity index (χ0) is 8.93. The second kappa shape index (κ2) is 4.99. The van der Waals surface area contributed by atoms with Crippen LogP contribution >= 0.6 is 0 Å². The lowest BCUT2D eigenvalue weighted by Gasteiger charge is -2.03. The summed E-state index contributed by atoms with van der Waals surface area (Å²) in [5, 5.41) is 0. The predicted octanol–water partition coefficient (Wildman–Crippen LogP) is 3.67. The van der Waals surface area contributed by atoms with Gasteiger partial charge in [0.2, 0.25) is 0 Å². The van der Waals surface area contributed by atoms with Crippen molar-refractivity contribution in [3.8, 4) is 0 Å².